The van der Waals surface area contributed by atoms with Crippen LogP contribution in [0.2, 0.25) is 0 Å². The van der Waals surface area contributed by atoms with E-state index in [0.29, 0.717) is 10.0 Å². The van der Waals surface area contributed by atoms with Crippen molar-refractivity contribution in [2.75, 3.05) is 0 Å². The molecule has 41 heavy (non-hydrogen) atoms. The van der Waals surface area contributed by atoms with E-state index in [0.717, 1.165) is 9.75 Å². The van der Waals surface area contributed by atoms with Gasteiger partial charge in [0.1, 0.15) is 12.1 Å². The maximum atomic E-state index is 9.07. The van der Waals surface area contributed by atoms with E-state index in [4.69, 9.17) is 23.7 Å². The van der Waals surface area contributed by atoms with E-state index in [1.165, 1.54) is 71.8 Å². The molecule has 6 aromatic heterocycles. The Hall–Kier alpha value is -3.98. The van der Waals surface area contributed by atoms with Crippen LogP contribution in [-0.2, 0) is 5.41 Å². The predicted molar refractivity (Wildman–Crippen MR) is 178 cm³/mol. The van der Waals surface area contributed by atoms with Crippen LogP contribution >= 0.6 is 68.0 Å². The van der Waals surface area contributed by atoms with Gasteiger partial charge in [-0.3, -0.25) is 0 Å². The minimum Gasteiger partial charge on any atom is -0.351 e. The van der Waals surface area contributed by atoms with Crippen LogP contribution in [0.5, 0.6) is 0 Å². The van der Waals surface area contributed by atoms with Gasteiger partial charge in [0.15, 0.2) is 0 Å². The smallest absolute Gasteiger partial charge is 0.350 e. The zero-order chi connectivity index (χ0) is 28.5. The van der Waals surface area contributed by atoms with E-state index in [-0.39, 0.29) is 17.1 Å². The third-order valence-electron chi connectivity index (χ3n) is 6.73. The largest absolute Gasteiger partial charge is 0.351 e. The number of hydrogen-bond donors (Lipinski definition) is 0. The molecule has 1 aliphatic rings. The van der Waals surface area contributed by atoms with E-state index in [1.54, 1.807) is 11.3 Å². The lowest BCUT2D eigenvalue weighted by atomic mass is 9.81. The van der Waals surface area contributed by atoms with Crippen molar-refractivity contribution in [3.8, 4) is 21.9 Å². The fraction of sp³-hybridized carbons (Fsp3) is 0.103. The van der Waals surface area contributed by atoms with Gasteiger partial charge in [0, 0.05) is 29.6 Å². The Kier molecular flexibility index (Phi) is 6.04. The number of nitrogens with zero attached hydrogens (tertiary/aromatic N) is 6. The summed E-state index contributed by atoms with van der Waals surface area (Å²) in [6, 6.07) is 13.7. The zero-order valence-corrected chi connectivity index (χ0v) is 26.0. The van der Waals surface area contributed by atoms with E-state index in [1.807, 2.05) is 70.4 Å². The molecule has 0 radical (unpaired) electrons. The van der Waals surface area contributed by atoms with E-state index < -0.39 is 0 Å². The minimum absolute atomic E-state index is 0.151. The summed E-state index contributed by atoms with van der Waals surface area (Å²) >= 11 is 10.4. The Labute approximate surface area is 258 Å². The number of nitriles is 2. The van der Waals surface area contributed by atoms with Gasteiger partial charge in [0.05, 0.1) is 23.5 Å². The molecule has 6 nitrogen and oxygen atoms in total. The molecule has 6 heterocycles. The second kappa shape index (κ2) is 9.55. The Bertz CT molecular complexity index is 2310. The van der Waals surface area contributed by atoms with Crippen molar-refractivity contribution < 1.29 is 0 Å². The van der Waals surface area contributed by atoms with Crippen molar-refractivity contribution in [3.05, 3.63) is 68.5 Å². The third-order valence-corrected chi connectivity index (χ3v) is 14.3. The highest BCUT2D eigenvalue weighted by Crippen LogP contribution is 2.59. The normalized spacial score (nSPS) is 14.6. The van der Waals surface area contributed by atoms with Crippen LogP contribution in [0, 0.1) is 35.8 Å². The lowest BCUT2D eigenvalue weighted by Gasteiger charge is -2.23. The monoisotopic (exact) mass is 636 g/mol. The number of aliphatic imine (C=N–C) groups is 2. The summed E-state index contributed by atoms with van der Waals surface area (Å²) in [4.78, 5) is 19.3. The summed E-state index contributed by atoms with van der Waals surface area (Å²) in [6.45, 7) is 18.7. The number of fused-ring (bicyclic) bond motifs is 7. The molecule has 6 aromatic rings. The number of hydrogen-bond acceptors (Lipinski definition) is 10. The van der Waals surface area contributed by atoms with Gasteiger partial charge in [-0.2, -0.15) is 0 Å². The van der Waals surface area contributed by atoms with Crippen molar-refractivity contribution in [1.29, 1.82) is 10.5 Å². The Morgan fingerprint density at radius 3 is 2.00 bits per heavy atom. The summed E-state index contributed by atoms with van der Waals surface area (Å²) in [5.41, 5.74) is 2.42. The number of thiophene rings is 6. The quantitative estimate of drug-likeness (QED) is 0.110. The highest BCUT2D eigenvalue weighted by Gasteiger charge is 2.39. The lowest BCUT2D eigenvalue weighted by Crippen LogP contribution is -2.15. The first kappa shape index (κ1) is 26.0. The standard InChI is InChI=1S/C29H12N6S6/c1-29(2)13(14-5-7-21(36-14)34-19(11-30)32-3)9-17-23(29)25-27(39-17)28-26(41-25)24-18(40-28)10-16(38-24)15-6-8-22(37-15)35-20(12-31)33-4/h5-10H,1-2H3. The highest BCUT2D eigenvalue weighted by atomic mass is 32.1. The summed E-state index contributed by atoms with van der Waals surface area (Å²) in [6.07, 6.45) is 2.30. The summed E-state index contributed by atoms with van der Waals surface area (Å²) in [5.74, 6) is -0.304. The van der Waals surface area contributed by atoms with Crippen molar-refractivity contribution in [1.82, 2.24) is 0 Å². The second-order valence-corrected chi connectivity index (χ2v) is 15.7. The molecule has 0 saturated heterocycles. The van der Waals surface area contributed by atoms with Crippen molar-refractivity contribution >= 4 is 130 Å². The van der Waals surface area contributed by atoms with Gasteiger partial charge >= 0.3 is 11.7 Å². The van der Waals surface area contributed by atoms with Crippen LogP contribution < -0.4 is 0 Å². The summed E-state index contributed by atoms with van der Waals surface area (Å²) in [7, 11) is 0. The maximum absolute atomic E-state index is 9.07. The van der Waals surface area contributed by atoms with Crippen molar-refractivity contribution in [2.45, 2.75) is 19.3 Å². The fourth-order valence-corrected chi connectivity index (χ4v) is 13.1. The lowest BCUT2D eigenvalue weighted by molar-refractivity contribution is 0.715. The molecule has 7 rings (SSSR count). The minimum atomic E-state index is -0.189. The van der Waals surface area contributed by atoms with Crippen LogP contribution in [0.15, 0.2) is 40.3 Å². The van der Waals surface area contributed by atoms with Gasteiger partial charge in [-0.25, -0.2) is 10.5 Å². The molecule has 0 N–H and O–H groups in total. The summed E-state index contributed by atoms with van der Waals surface area (Å²) < 4.78 is 7.97. The van der Waals surface area contributed by atoms with E-state index in [2.05, 4.69) is 45.7 Å². The molecule has 0 aliphatic heterocycles. The average Bonchev–Trinajstić information content (AvgIpc) is 3.79. The molecule has 0 saturated carbocycles. The van der Waals surface area contributed by atoms with E-state index >= 15 is 0 Å². The molecular formula is C29H12N6S6. The summed E-state index contributed by atoms with van der Waals surface area (Å²) in [5, 5.41) is 19.4. The van der Waals surface area contributed by atoms with Crippen molar-refractivity contribution in [3.63, 3.8) is 0 Å². The van der Waals surface area contributed by atoms with Gasteiger partial charge in [-0.15, -0.1) is 45.3 Å². The molecular weight excluding hydrogens is 625 g/mol. The molecule has 0 atom stereocenters. The Balaban J connectivity index is 1.27. The molecule has 0 amide bonds. The highest BCUT2D eigenvalue weighted by molar-refractivity contribution is 7.45. The molecule has 0 fully saturated rings. The molecule has 0 bridgehead atoms. The number of rotatable bonds is 4. The van der Waals surface area contributed by atoms with Crippen LogP contribution in [0.25, 0.3) is 59.3 Å². The first-order valence-corrected chi connectivity index (χ1v) is 16.8. The molecule has 0 unspecified atom stereocenters. The molecule has 194 valence electrons. The van der Waals surface area contributed by atoms with Gasteiger partial charge in [-0.05, 0) is 47.5 Å². The fourth-order valence-electron chi connectivity index (χ4n) is 4.94. The molecule has 12 heteroatoms. The first-order valence-electron chi connectivity index (χ1n) is 11.9. The SMILES string of the molecule is [C-]#[N+]C(C#N)=Nc1ccc(C2=Cc3sc4c(sc5c6sc(-c7ccc(N=C(C#N)[N+]#[C-])s7)cc6sc45)c3C2(C)C)s1. The number of allylic oxidation sites excluding steroid dienone is 1. The van der Waals surface area contributed by atoms with Gasteiger partial charge in [0.2, 0.25) is 10.0 Å². The van der Waals surface area contributed by atoms with Gasteiger partial charge in [0.25, 0.3) is 0 Å². The van der Waals surface area contributed by atoms with E-state index in [9.17, 15) is 0 Å². The van der Waals surface area contributed by atoms with Crippen molar-refractivity contribution in [2.24, 2.45) is 9.98 Å². The van der Waals surface area contributed by atoms with Crippen LogP contribution in [-0.4, -0.2) is 11.7 Å². The third kappa shape index (κ3) is 4.01. The van der Waals surface area contributed by atoms with Gasteiger partial charge in [-0.1, -0.05) is 59.7 Å². The maximum Gasteiger partial charge on any atom is 0.350 e. The zero-order valence-electron chi connectivity index (χ0n) is 21.1. The Morgan fingerprint density at radius 2 is 1.34 bits per heavy atom. The number of amidine groups is 2. The van der Waals surface area contributed by atoms with Gasteiger partial charge < -0.3 is 9.69 Å². The molecule has 0 aromatic carbocycles. The topological polar surface area (TPSA) is 81.0 Å². The van der Waals surface area contributed by atoms with Crippen LogP contribution in [0.1, 0.15) is 29.2 Å². The van der Waals surface area contributed by atoms with Crippen LogP contribution in [0.4, 0.5) is 10.0 Å². The predicted octanol–water partition coefficient (Wildman–Crippen LogP) is 11.0. The first-order chi connectivity index (χ1) is 19.8. The molecule has 0 spiro atoms. The molecule has 1 aliphatic carbocycles. The Morgan fingerprint density at radius 1 is 0.732 bits per heavy atom. The van der Waals surface area contributed by atoms with Crippen LogP contribution in [0.3, 0.4) is 0 Å². The average molecular weight is 637 g/mol. The second-order valence-electron chi connectivity index (χ2n) is 9.44.